The van der Waals surface area contributed by atoms with Gasteiger partial charge in [0.1, 0.15) is 17.3 Å². The topological polar surface area (TPSA) is 93.5 Å². The van der Waals surface area contributed by atoms with Crippen LogP contribution in [-0.2, 0) is 29.2 Å². The summed E-state index contributed by atoms with van der Waals surface area (Å²) in [5.41, 5.74) is 0.698. The van der Waals surface area contributed by atoms with Gasteiger partial charge in [-0.3, -0.25) is 13.8 Å². The van der Waals surface area contributed by atoms with E-state index in [0.717, 1.165) is 53.7 Å². The van der Waals surface area contributed by atoms with Gasteiger partial charge < -0.3 is 10.1 Å². The van der Waals surface area contributed by atoms with Gasteiger partial charge in [0.25, 0.3) is 15.9 Å². The van der Waals surface area contributed by atoms with Crippen LogP contribution in [0, 0.1) is 0 Å². The SMILES string of the molecule is O=C(Nc1ccc2c(c1)S(=O)(=O)N(c1ccc(C(F)(F)F)cc1)CCO2)c1cnn2c1CCC2. The molecule has 1 amide bonds. The van der Waals surface area contributed by atoms with Crippen LogP contribution < -0.4 is 14.4 Å². The fraction of sp³-hybridized carbons (Fsp3) is 0.273. The number of nitrogens with one attached hydrogen (secondary N) is 1. The monoisotopic (exact) mass is 492 g/mol. The lowest BCUT2D eigenvalue weighted by molar-refractivity contribution is -0.137. The number of carbonyl (C=O) groups excluding carboxylic acids is 1. The van der Waals surface area contributed by atoms with E-state index in [1.54, 1.807) is 4.68 Å². The summed E-state index contributed by atoms with van der Waals surface area (Å²) in [6.45, 7) is 0.658. The van der Waals surface area contributed by atoms with Crippen LogP contribution in [0.25, 0.3) is 0 Å². The first-order chi connectivity index (χ1) is 16.1. The highest BCUT2D eigenvalue weighted by atomic mass is 32.2. The highest BCUT2D eigenvalue weighted by Gasteiger charge is 2.34. The summed E-state index contributed by atoms with van der Waals surface area (Å²) < 4.78 is 73.9. The van der Waals surface area contributed by atoms with Gasteiger partial charge in [-0.05, 0) is 55.3 Å². The van der Waals surface area contributed by atoms with Crippen molar-refractivity contribution in [1.82, 2.24) is 9.78 Å². The van der Waals surface area contributed by atoms with Crippen LogP contribution in [0.5, 0.6) is 5.75 Å². The van der Waals surface area contributed by atoms with Crippen LogP contribution in [0.4, 0.5) is 24.5 Å². The summed E-state index contributed by atoms with van der Waals surface area (Å²) in [6, 6.07) is 8.14. The number of alkyl halides is 3. The molecule has 0 saturated heterocycles. The smallest absolute Gasteiger partial charge is 0.416 e. The van der Waals surface area contributed by atoms with Crippen LogP contribution in [0.15, 0.2) is 53.6 Å². The number of aryl methyl sites for hydroxylation is 1. The van der Waals surface area contributed by atoms with Crippen molar-refractivity contribution in [2.75, 3.05) is 22.8 Å². The molecule has 5 rings (SSSR count). The van der Waals surface area contributed by atoms with Crippen molar-refractivity contribution in [3.63, 3.8) is 0 Å². The van der Waals surface area contributed by atoms with Crippen LogP contribution in [-0.4, -0.2) is 37.3 Å². The van der Waals surface area contributed by atoms with Crippen LogP contribution in [0.2, 0.25) is 0 Å². The molecule has 2 aliphatic rings. The van der Waals surface area contributed by atoms with Crippen LogP contribution >= 0.6 is 0 Å². The molecule has 0 bridgehead atoms. The molecule has 8 nitrogen and oxygen atoms in total. The Bertz CT molecular complexity index is 1370. The van der Waals surface area contributed by atoms with E-state index in [-0.39, 0.29) is 35.2 Å². The molecular weight excluding hydrogens is 473 g/mol. The Morgan fingerprint density at radius 3 is 2.59 bits per heavy atom. The van der Waals surface area contributed by atoms with Crippen LogP contribution in [0.1, 0.15) is 28.0 Å². The quantitative estimate of drug-likeness (QED) is 0.602. The number of hydrogen-bond acceptors (Lipinski definition) is 5. The summed E-state index contributed by atoms with van der Waals surface area (Å²) in [4.78, 5) is 12.6. The van der Waals surface area contributed by atoms with Gasteiger partial charge in [0.2, 0.25) is 0 Å². The largest absolute Gasteiger partial charge is 0.490 e. The number of benzene rings is 2. The Morgan fingerprint density at radius 2 is 1.85 bits per heavy atom. The Morgan fingerprint density at radius 1 is 1.09 bits per heavy atom. The highest BCUT2D eigenvalue weighted by molar-refractivity contribution is 7.93. The second-order valence-electron chi connectivity index (χ2n) is 7.92. The van der Waals surface area contributed by atoms with Gasteiger partial charge in [-0.15, -0.1) is 0 Å². The van der Waals surface area contributed by atoms with Gasteiger partial charge in [-0.25, -0.2) is 8.42 Å². The van der Waals surface area contributed by atoms with Crippen molar-refractivity contribution < 1.29 is 31.1 Å². The third-order valence-corrected chi connectivity index (χ3v) is 7.63. The molecule has 3 heterocycles. The molecule has 178 valence electrons. The average molecular weight is 492 g/mol. The molecule has 0 atom stereocenters. The van der Waals surface area contributed by atoms with E-state index in [1.165, 1.54) is 24.4 Å². The third kappa shape index (κ3) is 3.87. The number of hydrogen-bond donors (Lipinski definition) is 1. The van der Waals surface area contributed by atoms with E-state index >= 15 is 0 Å². The first-order valence-electron chi connectivity index (χ1n) is 10.5. The molecule has 1 N–H and O–H groups in total. The van der Waals surface area contributed by atoms with Gasteiger partial charge in [0.05, 0.1) is 35.2 Å². The zero-order valence-corrected chi connectivity index (χ0v) is 18.5. The maximum Gasteiger partial charge on any atom is 0.416 e. The first-order valence-corrected chi connectivity index (χ1v) is 11.9. The number of anilines is 2. The number of fused-ring (bicyclic) bond motifs is 2. The van der Waals surface area contributed by atoms with E-state index in [0.29, 0.717) is 5.56 Å². The molecule has 0 spiro atoms. The molecule has 3 aromatic rings. The number of rotatable bonds is 3. The summed E-state index contributed by atoms with van der Waals surface area (Å²) in [5, 5.41) is 6.90. The molecule has 0 saturated carbocycles. The van der Waals surface area contributed by atoms with Gasteiger partial charge in [-0.2, -0.15) is 18.3 Å². The molecule has 12 heteroatoms. The van der Waals surface area contributed by atoms with Crippen molar-refractivity contribution in [1.29, 1.82) is 0 Å². The lowest BCUT2D eigenvalue weighted by Gasteiger charge is -2.22. The number of ether oxygens (including phenoxy) is 1. The Balaban J connectivity index is 1.45. The predicted molar refractivity (Wildman–Crippen MR) is 116 cm³/mol. The van der Waals surface area contributed by atoms with Crippen molar-refractivity contribution >= 4 is 27.3 Å². The second kappa shape index (κ2) is 8.05. The lowest BCUT2D eigenvalue weighted by atomic mass is 10.2. The maximum atomic E-state index is 13.4. The molecule has 0 aliphatic carbocycles. The molecular formula is C22H19F3N4O4S. The fourth-order valence-electron chi connectivity index (χ4n) is 4.12. The number of amides is 1. The highest BCUT2D eigenvalue weighted by Crippen LogP contribution is 2.36. The molecule has 2 aliphatic heterocycles. The minimum absolute atomic E-state index is 0.00149. The maximum absolute atomic E-state index is 13.4. The van der Waals surface area contributed by atoms with E-state index in [9.17, 15) is 26.4 Å². The summed E-state index contributed by atoms with van der Waals surface area (Å²) in [7, 11) is -4.18. The third-order valence-electron chi connectivity index (χ3n) is 5.78. The Kier molecular flexibility index (Phi) is 5.27. The Hall–Kier alpha value is -3.54. The molecule has 0 unspecified atom stereocenters. The minimum atomic E-state index is -4.53. The van der Waals surface area contributed by atoms with E-state index in [2.05, 4.69) is 10.4 Å². The zero-order valence-electron chi connectivity index (χ0n) is 17.7. The lowest BCUT2D eigenvalue weighted by Crippen LogP contribution is -2.32. The molecule has 0 radical (unpaired) electrons. The summed E-state index contributed by atoms with van der Waals surface area (Å²) in [5.74, 6) is -0.312. The number of carbonyl (C=O) groups is 1. The van der Waals surface area contributed by atoms with Crippen molar-refractivity contribution in [2.45, 2.75) is 30.5 Å². The van der Waals surface area contributed by atoms with E-state index < -0.39 is 27.7 Å². The zero-order chi connectivity index (χ0) is 24.1. The number of aromatic nitrogens is 2. The number of halogens is 3. The molecule has 0 fully saturated rings. The predicted octanol–water partition coefficient (Wildman–Crippen LogP) is 3.69. The average Bonchev–Trinajstić information content (AvgIpc) is 3.37. The Labute approximate surface area is 193 Å². The molecule has 34 heavy (non-hydrogen) atoms. The minimum Gasteiger partial charge on any atom is -0.490 e. The molecule has 1 aromatic heterocycles. The molecule has 2 aromatic carbocycles. The summed E-state index contributed by atoms with van der Waals surface area (Å²) >= 11 is 0. The fourth-order valence-corrected chi connectivity index (χ4v) is 5.73. The van der Waals surface area contributed by atoms with Gasteiger partial charge >= 0.3 is 6.18 Å². The summed E-state index contributed by atoms with van der Waals surface area (Å²) in [6.07, 6.45) is -1.41. The number of nitrogens with zero attached hydrogens (tertiary/aromatic N) is 3. The van der Waals surface area contributed by atoms with Crippen LogP contribution in [0.3, 0.4) is 0 Å². The number of sulfonamides is 1. The van der Waals surface area contributed by atoms with Crippen molar-refractivity contribution in [2.24, 2.45) is 0 Å². The van der Waals surface area contributed by atoms with Gasteiger partial charge in [0.15, 0.2) is 0 Å². The normalized spacial score (nSPS) is 16.9. The van der Waals surface area contributed by atoms with Gasteiger partial charge in [0, 0.05) is 12.2 Å². The van der Waals surface area contributed by atoms with Crippen molar-refractivity contribution in [3.05, 3.63) is 65.5 Å². The first kappa shape index (κ1) is 22.3. The standard InChI is InChI=1S/C22H19F3N4O4S/c23-22(24,25)14-3-6-16(7-4-14)29-10-11-33-19-8-5-15(12-20(19)34(29,31)32)27-21(30)17-13-26-28-9-1-2-18(17)28/h3-8,12-13H,1-2,9-11H2,(H,27,30). The van der Waals surface area contributed by atoms with Gasteiger partial charge in [-0.1, -0.05) is 0 Å². The van der Waals surface area contributed by atoms with Crippen molar-refractivity contribution in [3.8, 4) is 5.75 Å². The van der Waals surface area contributed by atoms with E-state index in [1.807, 2.05) is 0 Å². The van der Waals surface area contributed by atoms with E-state index in [4.69, 9.17) is 4.74 Å². The second-order valence-corrected chi connectivity index (χ2v) is 9.75.